The van der Waals surface area contributed by atoms with Gasteiger partial charge in [-0.05, 0) is 38.1 Å². The lowest BCUT2D eigenvalue weighted by atomic mass is 10.1. The number of hydrogen-bond donors (Lipinski definition) is 2. The molecule has 8 heteroatoms. The second kappa shape index (κ2) is 7.17. The summed E-state index contributed by atoms with van der Waals surface area (Å²) in [6.45, 7) is 2.02. The summed E-state index contributed by atoms with van der Waals surface area (Å²) in [6, 6.07) is 6.03. The van der Waals surface area contributed by atoms with Crippen LogP contribution in [0.3, 0.4) is 0 Å². The molecule has 1 aromatic carbocycles. The monoisotopic (exact) mass is 354 g/mol. The SMILES string of the molecule is COc1ccc(Nc2ncnc3c2cnn3C2CCNCC2)cc1OC. The van der Waals surface area contributed by atoms with Gasteiger partial charge in [0.05, 0.1) is 31.8 Å². The van der Waals surface area contributed by atoms with Gasteiger partial charge in [-0.15, -0.1) is 0 Å². The number of piperidine rings is 1. The summed E-state index contributed by atoms with van der Waals surface area (Å²) in [5, 5.41) is 12.2. The van der Waals surface area contributed by atoms with E-state index in [9.17, 15) is 0 Å². The lowest BCUT2D eigenvalue weighted by Gasteiger charge is -2.23. The molecule has 4 rings (SSSR count). The van der Waals surface area contributed by atoms with E-state index >= 15 is 0 Å². The zero-order chi connectivity index (χ0) is 17.9. The molecular weight excluding hydrogens is 332 g/mol. The maximum atomic E-state index is 5.37. The van der Waals surface area contributed by atoms with Crippen molar-refractivity contribution in [3.63, 3.8) is 0 Å². The molecule has 0 atom stereocenters. The van der Waals surface area contributed by atoms with Gasteiger partial charge >= 0.3 is 0 Å². The van der Waals surface area contributed by atoms with E-state index in [2.05, 4.69) is 25.7 Å². The molecule has 0 spiro atoms. The Morgan fingerprint density at radius 1 is 1.12 bits per heavy atom. The summed E-state index contributed by atoms with van der Waals surface area (Å²) < 4.78 is 12.7. The van der Waals surface area contributed by atoms with Crippen molar-refractivity contribution in [2.45, 2.75) is 18.9 Å². The zero-order valence-corrected chi connectivity index (χ0v) is 14.9. The second-order valence-electron chi connectivity index (χ2n) is 6.22. The zero-order valence-electron chi connectivity index (χ0n) is 14.9. The molecule has 26 heavy (non-hydrogen) atoms. The first kappa shape index (κ1) is 16.6. The van der Waals surface area contributed by atoms with E-state index in [0.29, 0.717) is 17.5 Å². The van der Waals surface area contributed by atoms with Crippen LogP contribution in [0.4, 0.5) is 11.5 Å². The van der Waals surface area contributed by atoms with E-state index in [4.69, 9.17) is 9.47 Å². The molecule has 0 saturated carbocycles. The number of nitrogens with one attached hydrogen (secondary N) is 2. The number of hydrogen-bond acceptors (Lipinski definition) is 7. The van der Waals surface area contributed by atoms with E-state index in [1.807, 2.05) is 29.1 Å². The van der Waals surface area contributed by atoms with Gasteiger partial charge < -0.3 is 20.1 Å². The molecule has 3 heterocycles. The van der Waals surface area contributed by atoms with Crippen molar-refractivity contribution in [1.29, 1.82) is 0 Å². The van der Waals surface area contributed by atoms with Crippen LogP contribution in [0.5, 0.6) is 11.5 Å². The predicted octanol–water partition coefficient (Wildman–Crippen LogP) is 2.51. The summed E-state index contributed by atoms with van der Waals surface area (Å²) in [5.41, 5.74) is 1.71. The van der Waals surface area contributed by atoms with Crippen LogP contribution in [0.2, 0.25) is 0 Å². The number of anilines is 2. The van der Waals surface area contributed by atoms with Crippen molar-refractivity contribution in [2.75, 3.05) is 32.6 Å². The smallest absolute Gasteiger partial charge is 0.163 e. The van der Waals surface area contributed by atoms with Crippen molar-refractivity contribution in [3.8, 4) is 11.5 Å². The highest BCUT2D eigenvalue weighted by Gasteiger charge is 2.20. The molecule has 1 saturated heterocycles. The minimum absolute atomic E-state index is 0.373. The molecule has 2 N–H and O–H groups in total. The molecule has 0 unspecified atom stereocenters. The lowest BCUT2D eigenvalue weighted by Crippen LogP contribution is -2.29. The molecular formula is C18H22N6O2. The van der Waals surface area contributed by atoms with Gasteiger partial charge in [-0.2, -0.15) is 5.10 Å². The molecule has 0 radical (unpaired) electrons. The summed E-state index contributed by atoms with van der Waals surface area (Å²) >= 11 is 0. The Morgan fingerprint density at radius 3 is 2.69 bits per heavy atom. The van der Waals surface area contributed by atoms with Crippen LogP contribution in [0.25, 0.3) is 11.0 Å². The van der Waals surface area contributed by atoms with Crippen molar-refractivity contribution < 1.29 is 9.47 Å². The normalized spacial score (nSPS) is 15.2. The third-order valence-electron chi connectivity index (χ3n) is 4.69. The number of benzene rings is 1. The van der Waals surface area contributed by atoms with Crippen LogP contribution in [0.1, 0.15) is 18.9 Å². The maximum Gasteiger partial charge on any atom is 0.163 e. The van der Waals surface area contributed by atoms with E-state index in [0.717, 1.165) is 48.5 Å². The van der Waals surface area contributed by atoms with Gasteiger partial charge in [0.25, 0.3) is 0 Å². The average Bonchev–Trinajstić information content (AvgIpc) is 3.14. The number of aromatic nitrogens is 4. The first-order valence-corrected chi connectivity index (χ1v) is 8.68. The molecule has 3 aromatic rings. The highest BCUT2D eigenvalue weighted by atomic mass is 16.5. The van der Waals surface area contributed by atoms with E-state index in [-0.39, 0.29) is 0 Å². The Balaban J connectivity index is 1.66. The molecule has 136 valence electrons. The van der Waals surface area contributed by atoms with Gasteiger partial charge in [0.15, 0.2) is 17.1 Å². The van der Waals surface area contributed by atoms with Gasteiger partial charge in [-0.1, -0.05) is 0 Å². The fourth-order valence-electron chi connectivity index (χ4n) is 3.33. The summed E-state index contributed by atoms with van der Waals surface area (Å²) in [7, 11) is 3.24. The molecule has 1 aliphatic rings. The van der Waals surface area contributed by atoms with Gasteiger partial charge in [0.1, 0.15) is 12.1 Å². The lowest BCUT2D eigenvalue weighted by molar-refractivity contribution is 0.349. The van der Waals surface area contributed by atoms with Gasteiger partial charge in [0.2, 0.25) is 0 Å². The molecule has 0 aliphatic carbocycles. The third-order valence-corrected chi connectivity index (χ3v) is 4.69. The average molecular weight is 354 g/mol. The Labute approximate surface area is 151 Å². The molecule has 8 nitrogen and oxygen atoms in total. The topological polar surface area (TPSA) is 86.1 Å². The molecule has 1 fully saturated rings. The van der Waals surface area contributed by atoms with E-state index < -0.39 is 0 Å². The highest BCUT2D eigenvalue weighted by Crippen LogP contribution is 2.32. The fraction of sp³-hybridized carbons (Fsp3) is 0.389. The van der Waals surface area contributed by atoms with Crippen LogP contribution in [-0.2, 0) is 0 Å². The minimum atomic E-state index is 0.373. The first-order valence-electron chi connectivity index (χ1n) is 8.68. The highest BCUT2D eigenvalue weighted by molar-refractivity contribution is 5.88. The van der Waals surface area contributed by atoms with Crippen LogP contribution in [0, 0.1) is 0 Å². The van der Waals surface area contributed by atoms with Crippen molar-refractivity contribution in [3.05, 3.63) is 30.7 Å². The van der Waals surface area contributed by atoms with Crippen molar-refractivity contribution in [2.24, 2.45) is 0 Å². The van der Waals surface area contributed by atoms with Gasteiger partial charge in [0, 0.05) is 11.8 Å². The van der Waals surface area contributed by atoms with Crippen LogP contribution in [0.15, 0.2) is 30.7 Å². The predicted molar refractivity (Wildman–Crippen MR) is 99.3 cm³/mol. The second-order valence-corrected chi connectivity index (χ2v) is 6.22. The standard InChI is InChI=1S/C18H22N6O2/c1-25-15-4-3-12(9-16(15)26-2)23-17-14-10-22-24(18(14)21-11-20-17)13-5-7-19-8-6-13/h3-4,9-11,13,19H,5-8H2,1-2H3,(H,20,21,23). The number of rotatable bonds is 5. The quantitative estimate of drug-likeness (QED) is 0.728. The van der Waals surface area contributed by atoms with Crippen molar-refractivity contribution in [1.82, 2.24) is 25.1 Å². The third kappa shape index (κ3) is 3.03. The summed E-state index contributed by atoms with van der Waals surface area (Å²) in [4.78, 5) is 8.86. The van der Waals surface area contributed by atoms with E-state index in [1.165, 1.54) is 0 Å². The first-order chi connectivity index (χ1) is 12.8. The number of fused-ring (bicyclic) bond motifs is 1. The fourth-order valence-corrected chi connectivity index (χ4v) is 3.33. The summed E-state index contributed by atoms with van der Waals surface area (Å²) in [6.07, 6.45) is 5.52. The Kier molecular flexibility index (Phi) is 4.57. The van der Waals surface area contributed by atoms with E-state index in [1.54, 1.807) is 20.5 Å². The largest absolute Gasteiger partial charge is 0.493 e. The summed E-state index contributed by atoms with van der Waals surface area (Å²) in [5.74, 6) is 2.07. The van der Waals surface area contributed by atoms with Gasteiger partial charge in [-0.25, -0.2) is 14.6 Å². The minimum Gasteiger partial charge on any atom is -0.493 e. The molecule has 0 bridgehead atoms. The van der Waals surface area contributed by atoms with Crippen LogP contribution < -0.4 is 20.1 Å². The van der Waals surface area contributed by atoms with Crippen LogP contribution in [-0.4, -0.2) is 47.1 Å². The number of ether oxygens (including phenoxy) is 2. The molecule has 1 aliphatic heterocycles. The van der Waals surface area contributed by atoms with Crippen LogP contribution >= 0.6 is 0 Å². The Bertz CT molecular complexity index is 904. The molecule has 0 amide bonds. The Morgan fingerprint density at radius 2 is 1.92 bits per heavy atom. The number of nitrogens with zero attached hydrogens (tertiary/aromatic N) is 4. The van der Waals surface area contributed by atoms with Crippen molar-refractivity contribution >= 4 is 22.5 Å². The van der Waals surface area contributed by atoms with Gasteiger partial charge in [-0.3, -0.25) is 0 Å². The molecule has 2 aromatic heterocycles. The Hall–Kier alpha value is -2.87. The number of methoxy groups -OCH3 is 2. The maximum absolute atomic E-state index is 5.37.